The van der Waals surface area contributed by atoms with Crippen LogP contribution in [0, 0.1) is 12.8 Å². The van der Waals surface area contributed by atoms with Crippen molar-refractivity contribution >= 4 is 32.4 Å². The monoisotopic (exact) mass is 305 g/mol. The lowest BCUT2D eigenvalue weighted by Gasteiger charge is -2.05. The Bertz CT molecular complexity index is 550. The number of hydrogen-bond acceptors (Lipinski definition) is 5. The van der Waals surface area contributed by atoms with Crippen molar-refractivity contribution in [2.75, 3.05) is 17.5 Å². The third kappa shape index (κ3) is 5.56. The number of sulfonamides is 1. The maximum Gasteiger partial charge on any atom is 0.263 e. The molecule has 1 rings (SSSR count). The zero-order valence-electron chi connectivity index (χ0n) is 11.5. The van der Waals surface area contributed by atoms with Crippen LogP contribution in [0.25, 0.3) is 0 Å². The molecule has 108 valence electrons. The minimum Gasteiger partial charge on any atom is -0.351 e. The van der Waals surface area contributed by atoms with Gasteiger partial charge in [0, 0.05) is 6.54 Å². The van der Waals surface area contributed by atoms with Gasteiger partial charge in [-0.25, -0.2) is 13.4 Å². The van der Waals surface area contributed by atoms with Gasteiger partial charge in [0.2, 0.25) is 10.0 Å². The number of aromatic nitrogens is 1. The van der Waals surface area contributed by atoms with Crippen molar-refractivity contribution in [1.29, 1.82) is 0 Å². The van der Waals surface area contributed by atoms with Gasteiger partial charge in [-0.3, -0.25) is 9.52 Å². The molecule has 0 spiro atoms. The number of anilines is 1. The van der Waals surface area contributed by atoms with Gasteiger partial charge >= 0.3 is 0 Å². The Balaban J connectivity index is 2.70. The second-order valence-electron chi connectivity index (χ2n) is 4.75. The highest BCUT2D eigenvalue weighted by molar-refractivity contribution is 7.92. The number of carbonyl (C=O) groups excluding carboxylic acids is 1. The summed E-state index contributed by atoms with van der Waals surface area (Å²) in [5, 5.41) is 3.02. The van der Waals surface area contributed by atoms with E-state index in [1.165, 1.54) is 0 Å². The molecular weight excluding hydrogens is 286 g/mol. The fourth-order valence-electron chi connectivity index (χ4n) is 1.36. The van der Waals surface area contributed by atoms with Crippen LogP contribution >= 0.6 is 11.3 Å². The van der Waals surface area contributed by atoms with Gasteiger partial charge in [0.1, 0.15) is 4.88 Å². The third-order valence-corrected chi connectivity index (χ3v) is 4.05. The molecule has 0 fully saturated rings. The number of hydrogen-bond donors (Lipinski definition) is 2. The summed E-state index contributed by atoms with van der Waals surface area (Å²) >= 11 is 1.04. The highest BCUT2D eigenvalue weighted by Gasteiger charge is 2.16. The second kappa shape index (κ2) is 6.33. The summed E-state index contributed by atoms with van der Waals surface area (Å²) in [6, 6.07) is 0. The molecule has 1 amide bonds. The van der Waals surface area contributed by atoms with E-state index in [0.717, 1.165) is 24.0 Å². The average molecular weight is 305 g/mol. The Morgan fingerprint density at radius 1 is 1.42 bits per heavy atom. The Labute approximate surface area is 117 Å². The SMILES string of the molecule is Cc1nc(NS(C)(=O)=O)sc1C(=O)NCCC(C)C. The molecule has 0 atom stereocenters. The fraction of sp³-hybridized carbons (Fsp3) is 0.636. The second-order valence-corrected chi connectivity index (χ2v) is 7.49. The van der Waals surface area contributed by atoms with Crippen LogP contribution in [0.2, 0.25) is 0 Å². The summed E-state index contributed by atoms with van der Waals surface area (Å²) < 4.78 is 24.5. The number of amides is 1. The molecule has 0 aliphatic carbocycles. The van der Waals surface area contributed by atoms with E-state index in [-0.39, 0.29) is 11.0 Å². The van der Waals surface area contributed by atoms with Gasteiger partial charge in [-0.15, -0.1) is 0 Å². The van der Waals surface area contributed by atoms with Gasteiger partial charge in [-0.2, -0.15) is 0 Å². The Kier molecular flexibility index (Phi) is 5.30. The first kappa shape index (κ1) is 15.9. The van der Waals surface area contributed by atoms with Crippen LogP contribution in [0.5, 0.6) is 0 Å². The molecule has 2 N–H and O–H groups in total. The topological polar surface area (TPSA) is 88.2 Å². The van der Waals surface area contributed by atoms with E-state index in [1.807, 2.05) is 0 Å². The van der Waals surface area contributed by atoms with Crippen molar-refractivity contribution in [2.45, 2.75) is 27.2 Å². The Morgan fingerprint density at radius 2 is 2.05 bits per heavy atom. The average Bonchev–Trinajstić information content (AvgIpc) is 2.55. The molecular formula is C11H19N3O3S2. The molecule has 0 aliphatic rings. The number of carbonyl (C=O) groups is 1. The van der Waals surface area contributed by atoms with E-state index in [0.29, 0.717) is 23.0 Å². The van der Waals surface area contributed by atoms with E-state index in [9.17, 15) is 13.2 Å². The lowest BCUT2D eigenvalue weighted by atomic mass is 10.1. The minimum absolute atomic E-state index is 0.211. The predicted octanol–water partition coefficient (Wildman–Crippen LogP) is 1.60. The van der Waals surface area contributed by atoms with E-state index in [2.05, 4.69) is 28.9 Å². The van der Waals surface area contributed by atoms with Crippen molar-refractivity contribution in [2.24, 2.45) is 5.92 Å². The van der Waals surface area contributed by atoms with Gasteiger partial charge in [-0.1, -0.05) is 25.2 Å². The molecule has 0 saturated carbocycles. The van der Waals surface area contributed by atoms with Crippen molar-refractivity contribution < 1.29 is 13.2 Å². The number of nitrogens with zero attached hydrogens (tertiary/aromatic N) is 1. The van der Waals surface area contributed by atoms with Gasteiger partial charge < -0.3 is 5.32 Å². The maximum absolute atomic E-state index is 11.9. The normalized spacial score (nSPS) is 11.6. The van der Waals surface area contributed by atoms with Crippen LogP contribution in [0.1, 0.15) is 35.6 Å². The van der Waals surface area contributed by atoms with Crippen LogP contribution < -0.4 is 10.0 Å². The number of aryl methyl sites for hydroxylation is 1. The summed E-state index contributed by atoms with van der Waals surface area (Å²) in [5.41, 5.74) is 0.526. The zero-order chi connectivity index (χ0) is 14.6. The molecule has 8 heteroatoms. The van der Waals surface area contributed by atoms with Crippen molar-refractivity contribution in [3.8, 4) is 0 Å². The van der Waals surface area contributed by atoms with Gasteiger partial charge in [-0.05, 0) is 19.3 Å². The molecule has 0 bridgehead atoms. The zero-order valence-corrected chi connectivity index (χ0v) is 13.1. The number of rotatable bonds is 6. The first-order chi connectivity index (χ1) is 8.69. The quantitative estimate of drug-likeness (QED) is 0.835. The van der Waals surface area contributed by atoms with Gasteiger partial charge in [0.15, 0.2) is 5.13 Å². The molecule has 1 aromatic rings. The highest BCUT2D eigenvalue weighted by atomic mass is 32.2. The summed E-state index contributed by atoms with van der Waals surface area (Å²) in [4.78, 5) is 16.4. The molecule has 19 heavy (non-hydrogen) atoms. The standard InChI is InChI=1S/C11H19N3O3S2/c1-7(2)5-6-12-10(15)9-8(3)13-11(18-9)14-19(4,16)17/h7H,5-6H2,1-4H3,(H,12,15)(H,13,14). The fourth-order valence-corrected chi connectivity index (χ4v) is 3.08. The Morgan fingerprint density at radius 3 is 2.58 bits per heavy atom. The largest absolute Gasteiger partial charge is 0.351 e. The summed E-state index contributed by atoms with van der Waals surface area (Å²) in [7, 11) is -3.37. The molecule has 0 aromatic carbocycles. The predicted molar refractivity (Wildman–Crippen MR) is 77.1 cm³/mol. The van der Waals surface area contributed by atoms with E-state index < -0.39 is 10.0 Å². The van der Waals surface area contributed by atoms with E-state index in [1.54, 1.807) is 6.92 Å². The van der Waals surface area contributed by atoms with Gasteiger partial charge in [0.25, 0.3) is 5.91 Å². The van der Waals surface area contributed by atoms with Gasteiger partial charge in [0.05, 0.1) is 11.9 Å². The lowest BCUT2D eigenvalue weighted by Crippen LogP contribution is -2.25. The van der Waals surface area contributed by atoms with Crippen LogP contribution in [0.3, 0.4) is 0 Å². The molecule has 0 aliphatic heterocycles. The molecule has 0 unspecified atom stereocenters. The van der Waals surface area contributed by atoms with Crippen molar-refractivity contribution in [1.82, 2.24) is 10.3 Å². The molecule has 0 radical (unpaired) electrons. The third-order valence-electron chi connectivity index (χ3n) is 2.28. The minimum atomic E-state index is -3.37. The first-order valence-electron chi connectivity index (χ1n) is 5.92. The molecule has 6 nitrogen and oxygen atoms in total. The van der Waals surface area contributed by atoms with E-state index in [4.69, 9.17) is 0 Å². The van der Waals surface area contributed by atoms with Crippen LogP contribution in [0.4, 0.5) is 5.13 Å². The van der Waals surface area contributed by atoms with Crippen molar-refractivity contribution in [3.63, 3.8) is 0 Å². The first-order valence-corrected chi connectivity index (χ1v) is 8.63. The van der Waals surface area contributed by atoms with Crippen LogP contribution in [0.15, 0.2) is 0 Å². The summed E-state index contributed by atoms with van der Waals surface area (Å²) in [6.07, 6.45) is 1.95. The van der Waals surface area contributed by atoms with E-state index >= 15 is 0 Å². The summed E-state index contributed by atoms with van der Waals surface area (Å²) in [5.74, 6) is 0.308. The number of nitrogens with one attached hydrogen (secondary N) is 2. The number of thiazole rings is 1. The van der Waals surface area contributed by atoms with Crippen LogP contribution in [-0.4, -0.2) is 32.1 Å². The smallest absolute Gasteiger partial charge is 0.263 e. The lowest BCUT2D eigenvalue weighted by molar-refractivity contribution is 0.0955. The summed E-state index contributed by atoms with van der Waals surface area (Å²) in [6.45, 7) is 6.44. The molecule has 0 saturated heterocycles. The maximum atomic E-state index is 11.9. The molecule has 1 aromatic heterocycles. The highest BCUT2D eigenvalue weighted by Crippen LogP contribution is 2.23. The van der Waals surface area contributed by atoms with Crippen LogP contribution in [-0.2, 0) is 10.0 Å². The van der Waals surface area contributed by atoms with Crippen molar-refractivity contribution in [3.05, 3.63) is 10.6 Å². The Hall–Kier alpha value is -1.15. The molecule has 1 heterocycles.